The van der Waals surface area contributed by atoms with Gasteiger partial charge in [-0.25, -0.2) is 0 Å². The second kappa shape index (κ2) is 4.12. The maximum Gasteiger partial charge on any atom is 0.137 e. The molecule has 0 saturated heterocycles. The van der Waals surface area contributed by atoms with Gasteiger partial charge in [-0.05, 0) is 18.8 Å². The fourth-order valence-electron chi connectivity index (χ4n) is 1.40. The van der Waals surface area contributed by atoms with Gasteiger partial charge >= 0.3 is 0 Å². The van der Waals surface area contributed by atoms with Gasteiger partial charge in [0, 0.05) is 12.8 Å². The zero-order valence-corrected chi connectivity index (χ0v) is 6.75. The fourth-order valence-corrected chi connectivity index (χ4v) is 1.40. The molecule has 0 spiro atoms. The summed E-state index contributed by atoms with van der Waals surface area (Å²) in [4.78, 5) is 11.1. The molecular weight excluding hydrogens is 136 g/mol. The lowest BCUT2D eigenvalue weighted by molar-refractivity contribution is -0.118. The number of hydrogen-bond acceptors (Lipinski definition) is 1. The van der Waals surface area contributed by atoms with Crippen LogP contribution in [0.25, 0.3) is 0 Å². The Bertz CT molecular complexity index is 179. The van der Waals surface area contributed by atoms with Crippen molar-refractivity contribution in [2.45, 2.75) is 25.7 Å². The summed E-state index contributed by atoms with van der Waals surface area (Å²) in [6.45, 7) is 3.54. The predicted molar refractivity (Wildman–Crippen MR) is 46.3 cm³/mol. The van der Waals surface area contributed by atoms with Crippen LogP contribution >= 0.6 is 0 Å². The van der Waals surface area contributed by atoms with Crippen molar-refractivity contribution in [3.63, 3.8) is 0 Å². The van der Waals surface area contributed by atoms with E-state index in [4.69, 9.17) is 0 Å². The number of Topliss-reactive ketones (excluding diaryl/α,β-unsaturated/α-hetero) is 1. The molecule has 0 heterocycles. The van der Waals surface area contributed by atoms with Crippen molar-refractivity contribution in [2.75, 3.05) is 0 Å². The van der Waals surface area contributed by atoms with E-state index in [9.17, 15) is 4.79 Å². The monoisotopic (exact) mass is 150 g/mol. The molecule has 0 amide bonds. The summed E-state index contributed by atoms with van der Waals surface area (Å²) in [5, 5.41) is 0. The summed E-state index contributed by atoms with van der Waals surface area (Å²) in [6.07, 6.45) is 9.54. The van der Waals surface area contributed by atoms with E-state index >= 15 is 0 Å². The Morgan fingerprint density at radius 3 is 3.09 bits per heavy atom. The molecule has 0 radical (unpaired) electrons. The molecule has 1 nitrogen and oxygen atoms in total. The van der Waals surface area contributed by atoms with Crippen molar-refractivity contribution in [3.05, 3.63) is 24.8 Å². The van der Waals surface area contributed by atoms with Gasteiger partial charge in [0.15, 0.2) is 0 Å². The molecule has 0 N–H and O–H groups in total. The van der Waals surface area contributed by atoms with Crippen molar-refractivity contribution in [1.82, 2.24) is 0 Å². The van der Waals surface area contributed by atoms with E-state index in [2.05, 4.69) is 18.7 Å². The maximum absolute atomic E-state index is 11.1. The smallest absolute Gasteiger partial charge is 0.137 e. The summed E-state index contributed by atoms with van der Waals surface area (Å²) in [6, 6.07) is 0. The Morgan fingerprint density at radius 2 is 2.55 bits per heavy atom. The number of ketones is 1. The Balaban J connectivity index is 2.24. The summed E-state index contributed by atoms with van der Waals surface area (Å²) < 4.78 is 0. The predicted octanol–water partition coefficient (Wildman–Crippen LogP) is 2.49. The Hall–Kier alpha value is -0.850. The lowest BCUT2D eigenvalue weighted by atomic mass is 10.0. The van der Waals surface area contributed by atoms with Crippen LogP contribution in [0.1, 0.15) is 25.7 Å². The normalized spacial score (nSPS) is 22.0. The molecule has 0 bridgehead atoms. The van der Waals surface area contributed by atoms with Crippen molar-refractivity contribution in [2.24, 2.45) is 5.92 Å². The average molecular weight is 150 g/mol. The first kappa shape index (κ1) is 8.25. The fraction of sp³-hybridized carbons (Fsp3) is 0.500. The van der Waals surface area contributed by atoms with E-state index in [1.54, 1.807) is 6.08 Å². The molecule has 0 aromatic heterocycles. The number of carbonyl (C=O) groups excluding carboxylic acids is 1. The minimum atomic E-state index is 0.316. The SMILES string of the molecule is C=CCC(=O)CC1C=CCC1. The van der Waals surface area contributed by atoms with Gasteiger partial charge in [0.25, 0.3) is 0 Å². The third kappa shape index (κ3) is 2.71. The molecule has 1 aliphatic carbocycles. The first-order chi connectivity index (χ1) is 5.33. The van der Waals surface area contributed by atoms with Crippen LogP contribution in [0, 0.1) is 5.92 Å². The molecule has 0 fully saturated rings. The minimum absolute atomic E-state index is 0.316. The van der Waals surface area contributed by atoms with Crippen LogP contribution in [-0.4, -0.2) is 5.78 Å². The molecule has 0 aromatic carbocycles. The van der Waals surface area contributed by atoms with Gasteiger partial charge in [-0.2, -0.15) is 0 Å². The van der Waals surface area contributed by atoms with Crippen LogP contribution in [0.15, 0.2) is 24.8 Å². The van der Waals surface area contributed by atoms with Crippen molar-refractivity contribution in [1.29, 1.82) is 0 Å². The Kier molecular flexibility index (Phi) is 3.09. The minimum Gasteiger partial charge on any atom is -0.299 e. The summed E-state index contributed by atoms with van der Waals surface area (Å²) >= 11 is 0. The summed E-state index contributed by atoms with van der Waals surface area (Å²) in [5.74, 6) is 0.832. The largest absolute Gasteiger partial charge is 0.299 e. The molecule has 1 aliphatic rings. The van der Waals surface area contributed by atoms with E-state index in [0.717, 1.165) is 12.8 Å². The van der Waals surface area contributed by atoms with Crippen LogP contribution < -0.4 is 0 Å². The lowest BCUT2D eigenvalue weighted by Crippen LogP contribution is -2.02. The highest BCUT2D eigenvalue weighted by molar-refractivity contribution is 5.80. The Morgan fingerprint density at radius 1 is 1.73 bits per heavy atom. The standard InChI is InChI=1S/C10H14O/c1-2-5-10(11)8-9-6-3-4-7-9/h2-3,6,9H,1,4-5,7-8H2. The molecule has 1 heteroatoms. The molecule has 60 valence electrons. The lowest BCUT2D eigenvalue weighted by Gasteiger charge is -2.03. The van der Waals surface area contributed by atoms with Crippen molar-refractivity contribution < 1.29 is 4.79 Å². The average Bonchev–Trinajstić information content (AvgIpc) is 2.40. The second-order valence-corrected chi connectivity index (χ2v) is 3.00. The van der Waals surface area contributed by atoms with E-state index in [1.807, 2.05) is 0 Å². The van der Waals surface area contributed by atoms with Crippen LogP contribution in [0.5, 0.6) is 0 Å². The molecule has 0 saturated carbocycles. The van der Waals surface area contributed by atoms with Crippen molar-refractivity contribution in [3.8, 4) is 0 Å². The second-order valence-electron chi connectivity index (χ2n) is 3.00. The molecule has 0 aliphatic heterocycles. The number of carbonyl (C=O) groups is 1. The van der Waals surface area contributed by atoms with Gasteiger partial charge in [0.2, 0.25) is 0 Å². The van der Waals surface area contributed by atoms with Crippen LogP contribution in [0.2, 0.25) is 0 Å². The van der Waals surface area contributed by atoms with Crippen molar-refractivity contribution >= 4 is 5.78 Å². The third-order valence-electron chi connectivity index (χ3n) is 1.97. The molecule has 0 aromatic rings. The van der Waals surface area contributed by atoms with E-state index in [-0.39, 0.29) is 0 Å². The van der Waals surface area contributed by atoms with Gasteiger partial charge in [0.05, 0.1) is 0 Å². The van der Waals surface area contributed by atoms with Gasteiger partial charge < -0.3 is 0 Å². The molecule has 1 unspecified atom stereocenters. The van der Waals surface area contributed by atoms with E-state index < -0.39 is 0 Å². The highest BCUT2D eigenvalue weighted by atomic mass is 16.1. The van der Waals surface area contributed by atoms with Gasteiger partial charge in [-0.3, -0.25) is 4.79 Å². The molecule has 1 atom stereocenters. The quantitative estimate of drug-likeness (QED) is 0.563. The summed E-state index contributed by atoms with van der Waals surface area (Å²) in [7, 11) is 0. The van der Waals surface area contributed by atoms with E-state index in [1.165, 1.54) is 0 Å². The maximum atomic E-state index is 11.1. The highest BCUT2D eigenvalue weighted by Crippen LogP contribution is 2.20. The number of allylic oxidation sites excluding steroid dienone is 3. The molecule has 1 rings (SSSR count). The van der Waals surface area contributed by atoms with Crippen LogP contribution in [0.3, 0.4) is 0 Å². The van der Waals surface area contributed by atoms with Crippen LogP contribution in [0.4, 0.5) is 0 Å². The highest BCUT2D eigenvalue weighted by Gasteiger charge is 2.12. The molecule has 11 heavy (non-hydrogen) atoms. The van der Waals surface area contributed by atoms with Gasteiger partial charge in [0.1, 0.15) is 5.78 Å². The van der Waals surface area contributed by atoms with E-state index in [0.29, 0.717) is 24.5 Å². The Labute approximate surface area is 67.8 Å². The topological polar surface area (TPSA) is 17.1 Å². The van der Waals surface area contributed by atoms with Crippen LogP contribution in [-0.2, 0) is 4.79 Å². The van der Waals surface area contributed by atoms with Gasteiger partial charge in [-0.1, -0.05) is 18.2 Å². The first-order valence-corrected chi connectivity index (χ1v) is 4.12. The molecular formula is C10H14O. The summed E-state index contributed by atoms with van der Waals surface area (Å²) in [5.41, 5.74) is 0. The number of hydrogen-bond donors (Lipinski definition) is 0. The first-order valence-electron chi connectivity index (χ1n) is 4.12. The third-order valence-corrected chi connectivity index (χ3v) is 1.97. The zero-order valence-electron chi connectivity index (χ0n) is 6.75. The zero-order chi connectivity index (χ0) is 8.10. The van der Waals surface area contributed by atoms with Gasteiger partial charge in [-0.15, -0.1) is 6.58 Å². The number of rotatable bonds is 4.